The van der Waals surface area contributed by atoms with Crippen LogP contribution in [-0.2, 0) is 4.79 Å². The van der Waals surface area contributed by atoms with Gasteiger partial charge in [-0.15, -0.1) is 0 Å². The average molecular weight is 301 g/mol. The van der Waals surface area contributed by atoms with E-state index < -0.39 is 17.9 Å². The molecule has 0 aliphatic heterocycles. The van der Waals surface area contributed by atoms with Crippen LogP contribution in [0.15, 0.2) is 42.6 Å². The standard InChI is InChI=1S/C16H19N3O3/c1-3-11(2)14(16(21)22)17-15(20)13-9-10-19(18-13)12-7-5-4-6-8-12/h4-11,14H,3H2,1-2H3,(H,17,20)(H,21,22)/t11-,14-/m0/s1. The van der Waals surface area contributed by atoms with Gasteiger partial charge in [0.15, 0.2) is 5.69 Å². The predicted molar refractivity (Wildman–Crippen MR) is 81.9 cm³/mol. The van der Waals surface area contributed by atoms with Crippen LogP contribution in [-0.4, -0.2) is 32.8 Å². The van der Waals surface area contributed by atoms with Crippen LogP contribution in [0.2, 0.25) is 0 Å². The van der Waals surface area contributed by atoms with Crippen LogP contribution in [0, 0.1) is 5.92 Å². The summed E-state index contributed by atoms with van der Waals surface area (Å²) in [5.41, 5.74) is 1.02. The Balaban J connectivity index is 2.13. The van der Waals surface area contributed by atoms with Crippen molar-refractivity contribution in [2.45, 2.75) is 26.3 Å². The van der Waals surface area contributed by atoms with Crippen LogP contribution < -0.4 is 5.32 Å². The highest BCUT2D eigenvalue weighted by atomic mass is 16.4. The number of hydrogen-bond acceptors (Lipinski definition) is 3. The SMILES string of the molecule is CC[C@H](C)[C@H](NC(=O)c1ccn(-c2ccccc2)n1)C(=O)O. The number of nitrogens with zero attached hydrogens (tertiary/aromatic N) is 2. The van der Waals surface area contributed by atoms with E-state index in [1.54, 1.807) is 23.9 Å². The second-order valence-corrected chi connectivity index (χ2v) is 5.16. The Morgan fingerprint density at radius 1 is 1.27 bits per heavy atom. The van der Waals surface area contributed by atoms with Gasteiger partial charge in [0, 0.05) is 6.20 Å². The summed E-state index contributed by atoms with van der Waals surface area (Å²) in [6.45, 7) is 3.68. The van der Waals surface area contributed by atoms with Gasteiger partial charge in [0.05, 0.1) is 5.69 Å². The van der Waals surface area contributed by atoms with Crippen LogP contribution in [0.4, 0.5) is 0 Å². The van der Waals surface area contributed by atoms with E-state index >= 15 is 0 Å². The number of carboxylic acid groups (broad SMARTS) is 1. The molecule has 1 aromatic heterocycles. The number of nitrogens with one attached hydrogen (secondary N) is 1. The maximum absolute atomic E-state index is 12.2. The lowest BCUT2D eigenvalue weighted by molar-refractivity contribution is -0.140. The maximum Gasteiger partial charge on any atom is 0.326 e. The zero-order chi connectivity index (χ0) is 16.1. The molecular formula is C16H19N3O3. The highest BCUT2D eigenvalue weighted by Crippen LogP contribution is 2.10. The van der Waals surface area contributed by atoms with Crippen molar-refractivity contribution in [3.63, 3.8) is 0 Å². The van der Waals surface area contributed by atoms with Gasteiger partial charge in [-0.2, -0.15) is 5.10 Å². The summed E-state index contributed by atoms with van der Waals surface area (Å²) in [6.07, 6.45) is 2.33. The van der Waals surface area contributed by atoms with Gasteiger partial charge in [-0.05, 0) is 24.1 Å². The molecule has 0 saturated heterocycles. The number of aromatic nitrogens is 2. The van der Waals surface area contributed by atoms with Gasteiger partial charge in [0.25, 0.3) is 5.91 Å². The molecule has 0 saturated carbocycles. The summed E-state index contributed by atoms with van der Waals surface area (Å²) in [5, 5.41) is 15.9. The van der Waals surface area contributed by atoms with Gasteiger partial charge < -0.3 is 10.4 Å². The molecule has 22 heavy (non-hydrogen) atoms. The van der Waals surface area contributed by atoms with E-state index in [9.17, 15) is 14.7 Å². The van der Waals surface area contributed by atoms with Gasteiger partial charge in [-0.3, -0.25) is 4.79 Å². The molecule has 0 fully saturated rings. The minimum absolute atomic E-state index is 0.155. The second-order valence-electron chi connectivity index (χ2n) is 5.16. The zero-order valence-corrected chi connectivity index (χ0v) is 12.6. The summed E-state index contributed by atoms with van der Waals surface area (Å²) in [4.78, 5) is 23.4. The Morgan fingerprint density at radius 3 is 2.55 bits per heavy atom. The molecule has 0 spiro atoms. The number of carbonyl (C=O) groups is 2. The molecule has 0 unspecified atom stereocenters. The molecule has 116 valence electrons. The molecule has 2 aromatic rings. The summed E-state index contributed by atoms with van der Waals surface area (Å²) < 4.78 is 1.58. The summed E-state index contributed by atoms with van der Waals surface area (Å²) in [7, 11) is 0. The number of carboxylic acids is 1. The van der Waals surface area contributed by atoms with E-state index in [1.165, 1.54) is 0 Å². The Bertz CT molecular complexity index is 652. The first kappa shape index (κ1) is 15.8. The number of aliphatic carboxylic acids is 1. The lowest BCUT2D eigenvalue weighted by Crippen LogP contribution is -2.45. The fourth-order valence-corrected chi connectivity index (χ4v) is 2.07. The highest BCUT2D eigenvalue weighted by Gasteiger charge is 2.26. The van der Waals surface area contributed by atoms with E-state index in [2.05, 4.69) is 10.4 Å². The van der Waals surface area contributed by atoms with E-state index in [-0.39, 0.29) is 11.6 Å². The zero-order valence-electron chi connectivity index (χ0n) is 12.6. The largest absolute Gasteiger partial charge is 0.480 e. The fraction of sp³-hybridized carbons (Fsp3) is 0.312. The van der Waals surface area contributed by atoms with E-state index in [0.717, 1.165) is 5.69 Å². The maximum atomic E-state index is 12.2. The number of benzene rings is 1. The van der Waals surface area contributed by atoms with Crippen molar-refractivity contribution in [2.24, 2.45) is 5.92 Å². The van der Waals surface area contributed by atoms with Crippen LogP contribution in [0.5, 0.6) is 0 Å². The molecule has 1 heterocycles. The monoisotopic (exact) mass is 301 g/mol. The van der Waals surface area contributed by atoms with Crippen LogP contribution in [0.25, 0.3) is 5.69 Å². The molecule has 0 radical (unpaired) electrons. The number of para-hydroxylation sites is 1. The fourth-order valence-electron chi connectivity index (χ4n) is 2.07. The third kappa shape index (κ3) is 3.52. The molecule has 0 aliphatic rings. The Hall–Kier alpha value is -2.63. The Kier molecular flexibility index (Phi) is 4.93. The third-order valence-electron chi connectivity index (χ3n) is 3.61. The first-order valence-electron chi connectivity index (χ1n) is 7.17. The van der Waals surface area contributed by atoms with Crippen LogP contribution in [0.1, 0.15) is 30.8 Å². The summed E-state index contributed by atoms with van der Waals surface area (Å²) in [5.74, 6) is -1.68. The van der Waals surface area contributed by atoms with Gasteiger partial charge in [-0.25, -0.2) is 9.48 Å². The molecule has 2 rings (SSSR count). The first-order chi connectivity index (χ1) is 10.5. The van der Waals surface area contributed by atoms with Crippen molar-refractivity contribution in [3.05, 3.63) is 48.3 Å². The Morgan fingerprint density at radius 2 is 1.95 bits per heavy atom. The van der Waals surface area contributed by atoms with Crippen LogP contribution in [0.3, 0.4) is 0 Å². The molecule has 0 aliphatic carbocycles. The van der Waals surface area contributed by atoms with E-state index in [1.807, 2.05) is 37.3 Å². The summed E-state index contributed by atoms with van der Waals surface area (Å²) in [6, 6.07) is 10.0. The van der Waals surface area contributed by atoms with Crippen molar-refractivity contribution in [3.8, 4) is 5.69 Å². The van der Waals surface area contributed by atoms with Crippen molar-refractivity contribution in [1.82, 2.24) is 15.1 Å². The smallest absolute Gasteiger partial charge is 0.326 e. The summed E-state index contributed by atoms with van der Waals surface area (Å²) >= 11 is 0. The lowest BCUT2D eigenvalue weighted by atomic mass is 9.99. The normalized spacial score (nSPS) is 13.4. The molecule has 1 amide bonds. The van der Waals surface area contributed by atoms with Gasteiger partial charge in [0.2, 0.25) is 0 Å². The molecule has 0 bridgehead atoms. The lowest BCUT2D eigenvalue weighted by Gasteiger charge is -2.19. The average Bonchev–Trinajstić information content (AvgIpc) is 3.02. The van der Waals surface area contributed by atoms with Crippen LogP contribution >= 0.6 is 0 Å². The number of carbonyl (C=O) groups excluding carboxylic acids is 1. The minimum Gasteiger partial charge on any atom is -0.480 e. The molecule has 6 nitrogen and oxygen atoms in total. The van der Waals surface area contributed by atoms with Crippen molar-refractivity contribution < 1.29 is 14.7 Å². The highest BCUT2D eigenvalue weighted by molar-refractivity contribution is 5.95. The number of rotatable bonds is 6. The number of amides is 1. The first-order valence-corrected chi connectivity index (χ1v) is 7.17. The van der Waals surface area contributed by atoms with E-state index in [0.29, 0.717) is 6.42 Å². The Labute approximate surface area is 128 Å². The van der Waals surface area contributed by atoms with Crippen molar-refractivity contribution >= 4 is 11.9 Å². The second kappa shape index (κ2) is 6.89. The quantitative estimate of drug-likeness (QED) is 0.855. The van der Waals surface area contributed by atoms with E-state index in [4.69, 9.17) is 0 Å². The topological polar surface area (TPSA) is 84.2 Å². The van der Waals surface area contributed by atoms with Gasteiger partial charge in [0.1, 0.15) is 6.04 Å². The molecule has 2 N–H and O–H groups in total. The van der Waals surface area contributed by atoms with Gasteiger partial charge in [-0.1, -0.05) is 38.5 Å². The van der Waals surface area contributed by atoms with Crippen molar-refractivity contribution in [1.29, 1.82) is 0 Å². The number of hydrogen-bond donors (Lipinski definition) is 2. The predicted octanol–water partition coefficient (Wildman–Crippen LogP) is 2.10. The molecule has 1 aromatic carbocycles. The van der Waals surface area contributed by atoms with Crippen molar-refractivity contribution in [2.75, 3.05) is 0 Å². The minimum atomic E-state index is -1.04. The molecule has 2 atom stereocenters. The third-order valence-corrected chi connectivity index (χ3v) is 3.61. The molecule has 6 heteroatoms. The van der Waals surface area contributed by atoms with Gasteiger partial charge >= 0.3 is 5.97 Å². The molecular weight excluding hydrogens is 282 g/mol.